The minimum absolute atomic E-state index is 0.0446. The molecule has 2 radical (unpaired) electrons. The van der Waals surface area contributed by atoms with E-state index in [0.29, 0.717) is 5.56 Å². The first kappa shape index (κ1) is 22.8. The highest BCUT2D eigenvalue weighted by Gasteiger charge is 2.47. The second kappa shape index (κ2) is 9.83. The van der Waals surface area contributed by atoms with E-state index < -0.39 is 48.3 Å². The van der Waals surface area contributed by atoms with Crippen LogP contribution in [0.3, 0.4) is 0 Å². The second-order valence-corrected chi connectivity index (χ2v) is 6.45. The second-order valence-electron chi connectivity index (χ2n) is 6.45. The summed E-state index contributed by atoms with van der Waals surface area (Å²) in [6.07, 6.45) is -7.77. The molecule has 1 aromatic carbocycles. The maximum absolute atomic E-state index is 12.0. The molecule has 1 fully saturated rings. The van der Waals surface area contributed by atoms with Crippen molar-refractivity contribution in [2.75, 3.05) is 5.32 Å². The summed E-state index contributed by atoms with van der Waals surface area (Å²) in [5.41, 5.74) is 0.650. The summed E-state index contributed by atoms with van der Waals surface area (Å²) in [7, 11) is 4.93. The summed E-state index contributed by atoms with van der Waals surface area (Å²) >= 11 is 0. The van der Waals surface area contributed by atoms with Crippen molar-refractivity contribution >= 4 is 31.1 Å². The third-order valence-electron chi connectivity index (χ3n) is 4.21. The number of nitrogens with one attached hydrogen (secondary N) is 1. The highest BCUT2D eigenvalue weighted by Crippen LogP contribution is 2.31. The lowest BCUT2D eigenvalue weighted by molar-refractivity contribution is -0.266. The van der Waals surface area contributed by atoms with E-state index in [1.54, 1.807) is 6.92 Å². The molecule has 1 saturated heterocycles. The van der Waals surface area contributed by atoms with Crippen molar-refractivity contribution in [1.82, 2.24) is 0 Å². The number of ketones is 1. The first-order valence-corrected chi connectivity index (χ1v) is 8.85. The van der Waals surface area contributed by atoms with Crippen LogP contribution < -0.4 is 10.1 Å². The summed E-state index contributed by atoms with van der Waals surface area (Å²) < 4.78 is 15.7. The van der Waals surface area contributed by atoms with E-state index in [9.17, 15) is 29.7 Å². The SMILES string of the molecule is [B]C(=O)OCc1ccc(OC2OC(C(=O)CC)[C@@H](O)C(O)[C@H]2O)c(NC(C)=O)c1. The van der Waals surface area contributed by atoms with E-state index in [4.69, 9.17) is 22.1 Å². The van der Waals surface area contributed by atoms with Crippen LogP contribution in [0.25, 0.3) is 0 Å². The van der Waals surface area contributed by atoms with Gasteiger partial charge in [0.05, 0.1) is 5.69 Å². The Labute approximate surface area is 168 Å². The fourth-order valence-corrected chi connectivity index (χ4v) is 2.75. The molecule has 0 aromatic heterocycles. The van der Waals surface area contributed by atoms with Crippen LogP contribution in [0.5, 0.6) is 5.75 Å². The Bertz CT molecular complexity index is 772. The smallest absolute Gasteiger partial charge is 0.236 e. The van der Waals surface area contributed by atoms with Crippen molar-refractivity contribution in [3.63, 3.8) is 0 Å². The van der Waals surface area contributed by atoms with Crippen LogP contribution in [-0.4, -0.2) is 71.4 Å². The van der Waals surface area contributed by atoms with Gasteiger partial charge in [-0.25, -0.2) is 0 Å². The van der Waals surface area contributed by atoms with E-state index in [-0.39, 0.29) is 24.5 Å². The molecule has 0 spiro atoms. The van der Waals surface area contributed by atoms with Gasteiger partial charge in [-0.1, -0.05) is 13.0 Å². The monoisotopic (exact) mass is 407 g/mol. The van der Waals surface area contributed by atoms with Crippen molar-refractivity contribution in [3.05, 3.63) is 23.8 Å². The van der Waals surface area contributed by atoms with Crippen molar-refractivity contribution in [2.45, 2.75) is 57.6 Å². The van der Waals surface area contributed by atoms with E-state index in [1.165, 1.54) is 25.1 Å². The van der Waals surface area contributed by atoms with Gasteiger partial charge in [0, 0.05) is 13.3 Å². The number of hydrogen-bond acceptors (Lipinski definition) is 9. The zero-order valence-electron chi connectivity index (χ0n) is 15.9. The van der Waals surface area contributed by atoms with Crippen molar-refractivity contribution < 1.29 is 43.9 Å². The summed E-state index contributed by atoms with van der Waals surface area (Å²) in [5, 5.41) is 32.7. The molecule has 0 saturated carbocycles. The molecule has 1 aromatic rings. The van der Waals surface area contributed by atoms with E-state index >= 15 is 0 Å². The number of Topliss-reactive ketones (excluding diaryl/α,β-unsaturated/α-hetero) is 1. The molecule has 1 heterocycles. The van der Waals surface area contributed by atoms with Crippen LogP contribution >= 0.6 is 0 Å². The molecule has 0 aliphatic carbocycles. The molecule has 1 aliphatic heterocycles. The van der Waals surface area contributed by atoms with Crippen molar-refractivity contribution in [2.24, 2.45) is 0 Å². The molecule has 0 bridgehead atoms. The predicted octanol–water partition coefficient (Wildman–Crippen LogP) is -0.384. The van der Waals surface area contributed by atoms with Gasteiger partial charge in [-0.3, -0.25) is 14.4 Å². The molecule has 1 amide bonds. The van der Waals surface area contributed by atoms with Crippen molar-refractivity contribution in [1.29, 1.82) is 0 Å². The maximum Gasteiger partial charge on any atom is 0.236 e. The highest BCUT2D eigenvalue weighted by molar-refractivity contribution is 6.55. The Hall–Kier alpha value is -2.47. The molecular formula is C18H22BNO9. The molecule has 29 heavy (non-hydrogen) atoms. The van der Waals surface area contributed by atoms with E-state index in [2.05, 4.69) is 5.32 Å². The van der Waals surface area contributed by atoms with Gasteiger partial charge >= 0.3 is 0 Å². The fraction of sp³-hybridized carbons (Fsp3) is 0.500. The van der Waals surface area contributed by atoms with Gasteiger partial charge in [-0.05, 0) is 17.7 Å². The summed E-state index contributed by atoms with van der Waals surface area (Å²) in [4.78, 5) is 34.2. The standard InChI is InChI=1S/C18H22BNO9/c1-3-11(22)16-14(24)13(23)15(25)17(29-16)28-12-5-4-9(7-27-18(19)26)6-10(12)20-8(2)21/h4-6,13-17,23-25H,3,7H2,1-2H3,(H,20,21)/t13?,14-,15+,16?,17?/m0/s1. The van der Waals surface area contributed by atoms with Crippen LogP contribution in [0.15, 0.2) is 18.2 Å². The topological polar surface area (TPSA) is 152 Å². The lowest BCUT2D eigenvalue weighted by atomic mass is 9.95. The minimum atomic E-state index is -1.68. The quantitative estimate of drug-likeness (QED) is 0.443. The predicted molar refractivity (Wildman–Crippen MR) is 99.3 cm³/mol. The molecule has 11 heteroatoms. The lowest BCUT2D eigenvalue weighted by Gasteiger charge is -2.39. The van der Waals surface area contributed by atoms with Gasteiger partial charge < -0.3 is 34.8 Å². The Morgan fingerprint density at radius 3 is 2.45 bits per heavy atom. The van der Waals surface area contributed by atoms with Crippen LogP contribution in [0.4, 0.5) is 10.5 Å². The third kappa shape index (κ3) is 5.76. The number of ether oxygens (including phenoxy) is 3. The maximum atomic E-state index is 12.0. The number of benzene rings is 1. The van der Waals surface area contributed by atoms with Gasteiger partial charge in [-0.2, -0.15) is 0 Å². The van der Waals surface area contributed by atoms with Crippen LogP contribution in [0.2, 0.25) is 0 Å². The molecule has 2 rings (SSSR count). The number of carbonyl (C=O) groups excluding carboxylic acids is 3. The summed E-state index contributed by atoms with van der Waals surface area (Å²) in [6, 6.07) is 4.38. The highest BCUT2D eigenvalue weighted by atomic mass is 16.7. The molecule has 3 unspecified atom stereocenters. The molecule has 4 N–H and O–H groups in total. The lowest BCUT2D eigenvalue weighted by Crippen LogP contribution is -2.61. The number of carbonyl (C=O) groups is 3. The van der Waals surface area contributed by atoms with Crippen LogP contribution in [-0.2, 0) is 25.7 Å². The number of hydrogen-bond donors (Lipinski definition) is 4. The molecule has 156 valence electrons. The van der Waals surface area contributed by atoms with E-state index in [1.807, 2.05) is 0 Å². The van der Waals surface area contributed by atoms with Crippen LogP contribution in [0, 0.1) is 0 Å². The number of amides is 1. The van der Waals surface area contributed by atoms with Gasteiger partial charge in [0.25, 0.3) is 0 Å². The Kier molecular flexibility index (Phi) is 7.74. The van der Waals surface area contributed by atoms with Gasteiger partial charge in [0.15, 0.2) is 5.78 Å². The fourth-order valence-electron chi connectivity index (χ4n) is 2.75. The molecular weight excluding hydrogens is 385 g/mol. The van der Waals surface area contributed by atoms with Crippen molar-refractivity contribution in [3.8, 4) is 5.75 Å². The van der Waals surface area contributed by atoms with Gasteiger partial charge in [-0.15, -0.1) is 0 Å². The minimum Gasteiger partial charge on any atom is -0.470 e. The largest absolute Gasteiger partial charge is 0.470 e. The Balaban J connectivity index is 2.26. The zero-order valence-corrected chi connectivity index (χ0v) is 15.9. The summed E-state index contributed by atoms with van der Waals surface area (Å²) in [6.45, 7) is 2.68. The Morgan fingerprint density at radius 1 is 1.17 bits per heavy atom. The normalized spacial score (nSPS) is 26.4. The first-order chi connectivity index (χ1) is 13.6. The summed E-state index contributed by atoms with van der Waals surface area (Å²) in [5.74, 6) is -1.82. The number of rotatable bonds is 7. The third-order valence-corrected chi connectivity index (χ3v) is 4.21. The average Bonchev–Trinajstić information content (AvgIpc) is 2.67. The average molecular weight is 407 g/mol. The van der Waals surface area contributed by atoms with Gasteiger partial charge in [0.2, 0.25) is 25.9 Å². The number of anilines is 1. The number of aliphatic hydroxyl groups excluding tert-OH is 3. The van der Waals surface area contributed by atoms with Gasteiger partial charge in [0.1, 0.15) is 36.8 Å². The number of aliphatic hydroxyl groups is 3. The zero-order chi connectivity index (χ0) is 21.7. The first-order valence-electron chi connectivity index (χ1n) is 8.85. The Morgan fingerprint density at radius 2 is 1.86 bits per heavy atom. The van der Waals surface area contributed by atoms with Crippen LogP contribution in [0.1, 0.15) is 25.8 Å². The molecule has 10 nitrogen and oxygen atoms in total. The molecule has 1 aliphatic rings. The van der Waals surface area contributed by atoms with E-state index in [0.717, 1.165) is 0 Å². The molecule has 5 atom stereocenters.